The Morgan fingerprint density at radius 1 is 1.27 bits per heavy atom. The van der Waals surface area contributed by atoms with Crippen LogP contribution in [0.3, 0.4) is 0 Å². The minimum Gasteiger partial charge on any atom is -0.338 e. The highest BCUT2D eigenvalue weighted by Gasteiger charge is 2.27. The molecular formula is C19H18N4O2S. The van der Waals surface area contributed by atoms with Crippen LogP contribution in [0.15, 0.2) is 52.2 Å². The third-order valence-electron chi connectivity index (χ3n) is 4.60. The molecule has 4 heterocycles. The molecule has 1 saturated heterocycles. The number of carbonyl (C=O) groups is 1. The maximum Gasteiger partial charge on any atom is 0.253 e. The van der Waals surface area contributed by atoms with Gasteiger partial charge in [0.1, 0.15) is 5.82 Å². The molecule has 1 amide bonds. The second-order valence-electron chi connectivity index (χ2n) is 6.35. The highest BCUT2D eigenvalue weighted by molar-refractivity contribution is 7.08. The Balaban J connectivity index is 1.58. The number of nitrogens with zero attached hydrogens (tertiary/aromatic N) is 3. The zero-order valence-corrected chi connectivity index (χ0v) is 14.9. The van der Waals surface area contributed by atoms with E-state index in [4.69, 9.17) is 0 Å². The normalized spacial score (nSPS) is 17.2. The number of pyridine rings is 1. The second-order valence-corrected chi connectivity index (χ2v) is 7.13. The first-order valence-electron chi connectivity index (χ1n) is 8.54. The van der Waals surface area contributed by atoms with Gasteiger partial charge in [0, 0.05) is 54.0 Å². The van der Waals surface area contributed by atoms with Crippen molar-refractivity contribution in [1.82, 2.24) is 19.9 Å². The fraction of sp³-hybridized carbons (Fsp3) is 0.263. The Hall–Kier alpha value is -2.80. The number of hydrogen-bond acceptors (Lipinski definition) is 5. The average Bonchev–Trinajstić information content (AvgIpc) is 3.23. The van der Waals surface area contributed by atoms with E-state index in [0.717, 1.165) is 18.4 Å². The molecule has 1 unspecified atom stereocenters. The predicted molar refractivity (Wildman–Crippen MR) is 100 cm³/mol. The molecule has 0 saturated carbocycles. The SMILES string of the molecule is O=C(c1ccncc1)N1CCCC(c2nc(-c3ccsc3)cc(=O)[nH]2)C1. The van der Waals surface area contributed by atoms with E-state index in [9.17, 15) is 9.59 Å². The van der Waals surface area contributed by atoms with Gasteiger partial charge in [-0.15, -0.1) is 0 Å². The van der Waals surface area contributed by atoms with E-state index in [1.807, 2.05) is 21.7 Å². The minimum absolute atomic E-state index is 0.00608. The van der Waals surface area contributed by atoms with Gasteiger partial charge in [-0.3, -0.25) is 14.6 Å². The summed E-state index contributed by atoms with van der Waals surface area (Å²) in [6.45, 7) is 1.27. The van der Waals surface area contributed by atoms with Gasteiger partial charge < -0.3 is 9.88 Å². The lowest BCUT2D eigenvalue weighted by Crippen LogP contribution is -2.39. The molecule has 132 valence electrons. The number of thiophene rings is 1. The summed E-state index contributed by atoms with van der Waals surface area (Å²) in [5.41, 5.74) is 2.10. The molecule has 1 fully saturated rings. The van der Waals surface area contributed by atoms with Crippen molar-refractivity contribution in [2.45, 2.75) is 18.8 Å². The van der Waals surface area contributed by atoms with Crippen LogP contribution in [0.5, 0.6) is 0 Å². The number of aromatic nitrogens is 3. The molecule has 0 aromatic carbocycles. The van der Waals surface area contributed by atoms with Crippen molar-refractivity contribution >= 4 is 17.2 Å². The molecular weight excluding hydrogens is 348 g/mol. The number of H-pyrrole nitrogens is 1. The molecule has 0 aliphatic carbocycles. The van der Waals surface area contributed by atoms with E-state index < -0.39 is 0 Å². The Kier molecular flexibility index (Phi) is 4.62. The van der Waals surface area contributed by atoms with Gasteiger partial charge >= 0.3 is 0 Å². The maximum absolute atomic E-state index is 12.7. The van der Waals surface area contributed by atoms with Crippen LogP contribution in [0.1, 0.15) is 34.9 Å². The van der Waals surface area contributed by atoms with Crippen molar-refractivity contribution in [3.63, 3.8) is 0 Å². The molecule has 4 rings (SSSR count). The Morgan fingerprint density at radius 2 is 2.12 bits per heavy atom. The Labute approximate surface area is 154 Å². The average molecular weight is 366 g/mol. The predicted octanol–water partition coefficient (Wildman–Crippen LogP) is 2.91. The summed E-state index contributed by atoms with van der Waals surface area (Å²) in [4.78, 5) is 38.1. The van der Waals surface area contributed by atoms with Crippen molar-refractivity contribution in [3.8, 4) is 11.3 Å². The lowest BCUT2D eigenvalue weighted by Gasteiger charge is -2.32. The molecule has 1 atom stereocenters. The first-order valence-corrected chi connectivity index (χ1v) is 9.48. The number of carbonyl (C=O) groups excluding carboxylic acids is 1. The molecule has 1 aliphatic rings. The van der Waals surface area contributed by atoms with Gasteiger partial charge in [-0.25, -0.2) is 4.98 Å². The van der Waals surface area contributed by atoms with Gasteiger partial charge in [0.05, 0.1) is 5.69 Å². The lowest BCUT2D eigenvalue weighted by molar-refractivity contribution is 0.0704. The van der Waals surface area contributed by atoms with Crippen LogP contribution in [0.25, 0.3) is 11.3 Å². The van der Waals surface area contributed by atoms with Gasteiger partial charge in [-0.1, -0.05) is 0 Å². The van der Waals surface area contributed by atoms with Crippen LogP contribution < -0.4 is 5.56 Å². The summed E-state index contributed by atoms with van der Waals surface area (Å²) in [5, 5.41) is 3.94. The third kappa shape index (κ3) is 3.43. The van der Waals surface area contributed by atoms with E-state index >= 15 is 0 Å². The Bertz CT molecular complexity index is 953. The van der Waals surface area contributed by atoms with Crippen molar-refractivity contribution in [2.75, 3.05) is 13.1 Å². The van der Waals surface area contributed by atoms with Crippen LogP contribution in [0.4, 0.5) is 0 Å². The molecule has 1 aliphatic heterocycles. The second kappa shape index (κ2) is 7.21. The summed E-state index contributed by atoms with van der Waals surface area (Å²) >= 11 is 1.57. The maximum atomic E-state index is 12.7. The largest absolute Gasteiger partial charge is 0.338 e. The number of aromatic amines is 1. The molecule has 6 nitrogen and oxygen atoms in total. The molecule has 26 heavy (non-hydrogen) atoms. The van der Waals surface area contributed by atoms with E-state index in [0.29, 0.717) is 30.2 Å². The fourth-order valence-corrected chi connectivity index (χ4v) is 3.94. The number of nitrogens with one attached hydrogen (secondary N) is 1. The standard InChI is InChI=1S/C19H18N4O2S/c24-17-10-16(15-5-9-26-12-15)21-18(22-17)14-2-1-8-23(11-14)19(25)13-3-6-20-7-4-13/h3-7,9-10,12,14H,1-2,8,11H2,(H,21,22,24). The van der Waals surface area contributed by atoms with Crippen LogP contribution in [-0.2, 0) is 0 Å². The topological polar surface area (TPSA) is 79.0 Å². The van der Waals surface area contributed by atoms with E-state index in [2.05, 4.69) is 15.0 Å². The van der Waals surface area contributed by atoms with Crippen molar-refractivity contribution in [2.24, 2.45) is 0 Å². The van der Waals surface area contributed by atoms with Crippen molar-refractivity contribution in [3.05, 3.63) is 69.2 Å². The van der Waals surface area contributed by atoms with E-state index in [-0.39, 0.29) is 17.4 Å². The summed E-state index contributed by atoms with van der Waals surface area (Å²) in [7, 11) is 0. The molecule has 3 aromatic heterocycles. The van der Waals surface area contributed by atoms with E-state index in [1.54, 1.807) is 35.9 Å². The first-order chi connectivity index (χ1) is 12.7. The fourth-order valence-electron chi connectivity index (χ4n) is 3.29. The molecule has 7 heteroatoms. The molecule has 3 aromatic rings. The van der Waals surface area contributed by atoms with E-state index in [1.165, 1.54) is 6.07 Å². The minimum atomic E-state index is -0.159. The smallest absolute Gasteiger partial charge is 0.253 e. The molecule has 0 spiro atoms. The van der Waals surface area contributed by atoms with Gasteiger partial charge in [0.15, 0.2) is 0 Å². The summed E-state index contributed by atoms with van der Waals surface area (Å²) in [6.07, 6.45) is 5.03. The van der Waals surface area contributed by atoms with Crippen LogP contribution in [0, 0.1) is 0 Å². The van der Waals surface area contributed by atoms with Crippen molar-refractivity contribution < 1.29 is 4.79 Å². The van der Waals surface area contributed by atoms with Gasteiger partial charge in [-0.2, -0.15) is 11.3 Å². The molecule has 0 radical (unpaired) electrons. The van der Waals surface area contributed by atoms with Crippen LogP contribution in [-0.4, -0.2) is 38.8 Å². The number of amides is 1. The lowest BCUT2D eigenvalue weighted by atomic mass is 9.96. The summed E-state index contributed by atoms with van der Waals surface area (Å²) in [6, 6.07) is 6.93. The summed E-state index contributed by atoms with van der Waals surface area (Å²) < 4.78 is 0. The van der Waals surface area contributed by atoms with Crippen LogP contribution in [0.2, 0.25) is 0 Å². The Morgan fingerprint density at radius 3 is 2.88 bits per heavy atom. The number of hydrogen-bond donors (Lipinski definition) is 1. The molecule has 0 bridgehead atoms. The van der Waals surface area contributed by atoms with Gasteiger partial charge in [0.25, 0.3) is 11.5 Å². The number of rotatable bonds is 3. The quantitative estimate of drug-likeness (QED) is 0.773. The van der Waals surface area contributed by atoms with Gasteiger partial charge in [0.2, 0.25) is 0 Å². The first kappa shape index (κ1) is 16.7. The summed E-state index contributed by atoms with van der Waals surface area (Å²) in [5.74, 6) is 0.681. The zero-order valence-electron chi connectivity index (χ0n) is 14.1. The number of likely N-dealkylation sites (tertiary alicyclic amines) is 1. The monoisotopic (exact) mass is 366 g/mol. The van der Waals surface area contributed by atoms with Gasteiger partial charge in [-0.05, 0) is 36.4 Å². The highest BCUT2D eigenvalue weighted by atomic mass is 32.1. The zero-order chi connectivity index (χ0) is 17.9. The van der Waals surface area contributed by atoms with Crippen molar-refractivity contribution in [1.29, 1.82) is 0 Å². The number of piperidine rings is 1. The third-order valence-corrected chi connectivity index (χ3v) is 5.28. The molecule has 1 N–H and O–H groups in total. The van der Waals surface area contributed by atoms with Crippen LogP contribution >= 0.6 is 11.3 Å². The highest BCUT2D eigenvalue weighted by Crippen LogP contribution is 2.27.